The monoisotopic (exact) mass is 284 g/mol. The molecule has 0 aromatic rings. The zero-order chi connectivity index (χ0) is 10.9. The highest BCUT2D eigenvalue weighted by Crippen LogP contribution is 2.26. The van der Waals surface area contributed by atoms with E-state index in [1.165, 1.54) is 4.31 Å². The number of halogens is 1. The van der Waals surface area contributed by atoms with Gasteiger partial charge in [-0.25, -0.2) is 0 Å². The van der Waals surface area contributed by atoms with Crippen molar-refractivity contribution in [3.05, 3.63) is 0 Å². The standard InChI is InChI=1S/C8H17BrN2O2S/c1-7-8(9)5-4-6-11(7)14(12,13)10(2)3/h7-8H,4-6H2,1-3H3. The van der Waals surface area contributed by atoms with Crippen LogP contribution in [0.25, 0.3) is 0 Å². The van der Waals surface area contributed by atoms with Crippen LogP contribution in [0, 0.1) is 0 Å². The van der Waals surface area contributed by atoms with Crippen molar-refractivity contribution in [2.24, 2.45) is 0 Å². The van der Waals surface area contributed by atoms with Gasteiger partial charge in [-0.3, -0.25) is 0 Å². The van der Waals surface area contributed by atoms with Crippen LogP contribution in [0.5, 0.6) is 0 Å². The lowest BCUT2D eigenvalue weighted by atomic mass is 10.1. The first-order valence-corrected chi connectivity index (χ1v) is 7.02. The molecule has 0 spiro atoms. The minimum atomic E-state index is -3.25. The van der Waals surface area contributed by atoms with E-state index in [1.54, 1.807) is 18.4 Å². The fourth-order valence-electron chi connectivity index (χ4n) is 1.60. The van der Waals surface area contributed by atoms with E-state index in [1.807, 2.05) is 6.92 Å². The summed E-state index contributed by atoms with van der Waals surface area (Å²) in [7, 11) is -0.107. The average Bonchev–Trinajstić information content (AvgIpc) is 2.09. The van der Waals surface area contributed by atoms with Crippen molar-refractivity contribution in [3.63, 3.8) is 0 Å². The van der Waals surface area contributed by atoms with Gasteiger partial charge >= 0.3 is 0 Å². The maximum Gasteiger partial charge on any atom is 0.281 e. The van der Waals surface area contributed by atoms with Crippen LogP contribution in [0.4, 0.5) is 0 Å². The largest absolute Gasteiger partial charge is 0.281 e. The summed E-state index contributed by atoms with van der Waals surface area (Å²) in [6.45, 7) is 2.57. The summed E-state index contributed by atoms with van der Waals surface area (Å²) in [5.41, 5.74) is 0. The normalized spacial score (nSPS) is 30.9. The van der Waals surface area contributed by atoms with Crippen LogP contribution >= 0.6 is 15.9 Å². The molecule has 1 aliphatic rings. The molecular weight excluding hydrogens is 268 g/mol. The minimum Gasteiger partial charge on any atom is -0.195 e. The molecule has 0 aromatic carbocycles. The molecule has 0 N–H and O–H groups in total. The van der Waals surface area contributed by atoms with Crippen LogP contribution in [0.15, 0.2) is 0 Å². The van der Waals surface area contributed by atoms with Gasteiger partial charge < -0.3 is 0 Å². The van der Waals surface area contributed by atoms with E-state index >= 15 is 0 Å². The van der Waals surface area contributed by atoms with Gasteiger partial charge in [0.05, 0.1) is 0 Å². The number of hydrogen-bond acceptors (Lipinski definition) is 2. The smallest absolute Gasteiger partial charge is 0.195 e. The molecule has 1 aliphatic heterocycles. The van der Waals surface area contributed by atoms with Crippen molar-refractivity contribution >= 4 is 26.1 Å². The second-order valence-electron chi connectivity index (χ2n) is 3.80. The first kappa shape index (κ1) is 12.4. The molecule has 0 aliphatic carbocycles. The van der Waals surface area contributed by atoms with Crippen molar-refractivity contribution < 1.29 is 8.42 Å². The summed E-state index contributed by atoms with van der Waals surface area (Å²) in [5, 5.41) is 0. The molecule has 0 aromatic heterocycles. The van der Waals surface area contributed by atoms with Gasteiger partial charge in [0.2, 0.25) is 0 Å². The molecule has 1 fully saturated rings. The van der Waals surface area contributed by atoms with Crippen molar-refractivity contribution in [2.45, 2.75) is 30.6 Å². The lowest BCUT2D eigenvalue weighted by molar-refractivity contribution is 0.264. The first-order chi connectivity index (χ1) is 6.37. The van der Waals surface area contributed by atoms with Crippen molar-refractivity contribution in [3.8, 4) is 0 Å². The summed E-state index contributed by atoms with van der Waals surface area (Å²) in [6, 6.07) is 0.0381. The fraction of sp³-hybridized carbons (Fsp3) is 1.00. The average molecular weight is 285 g/mol. The second kappa shape index (κ2) is 4.47. The van der Waals surface area contributed by atoms with Gasteiger partial charge in [-0.2, -0.15) is 17.0 Å². The molecule has 1 heterocycles. The van der Waals surface area contributed by atoms with Crippen molar-refractivity contribution in [1.29, 1.82) is 0 Å². The molecular formula is C8H17BrN2O2S. The van der Waals surface area contributed by atoms with E-state index in [9.17, 15) is 8.42 Å². The van der Waals surface area contributed by atoms with Crippen LogP contribution in [-0.2, 0) is 10.2 Å². The Balaban J connectivity index is 2.87. The van der Waals surface area contributed by atoms with Gasteiger partial charge in [0.1, 0.15) is 0 Å². The maximum atomic E-state index is 11.9. The van der Waals surface area contributed by atoms with Gasteiger partial charge in [0.25, 0.3) is 10.2 Å². The maximum absolute atomic E-state index is 11.9. The topological polar surface area (TPSA) is 40.6 Å². The summed E-state index contributed by atoms with van der Waals surface area (Å²) < 4.78 is 26.6. The molecule has 0 amide bonds. The fourth-order valence-corrected chi connectivity index (χ4v) is 3.71. The summed E-state index contributed by atoms with van der Waals surface area (Å²) >= 11 is 3.51. The lowest BCUT2D eigenvalue weighted by Crippen LogP contribution is -2.51. The molecule has 0 bridgehead atoms. The number of piperidine rings is 1. The third-order valence-electron chi connectivity index (χ3n) is 2.59. The van der Waals surface area contributed by atoms with Gasteiger partial charge in [0.15, 0.2) is 0 Å². The minimum absolute atomic E-state index is 0.0381. The second-order valence-corrected chi connectivity index (χ2v) is 7.07. The quantitative estimate of drug-likeness (QED) is 0.711. The molecule has 1 saturated heterocycles. The summed E-state index contributed by atoms with van der Waals surface area (Å²) in [4.78, 5) is 0.269. The Morgan fingerprint density at radius 2 is 2.00 bits per heavy atom. The van der Waals surface area contributed by atoms with Crippen LogP contribution in [0.3, 0.4) is 0 Å². The van der Waals surface area contributed by atoms with E-state index in [0.717, 1.165) is 12.8 Å². The molecule has 4 nitrogen and oxygen atoms in total. The van der Waals surface area contributed by atoms with Gasteiger partial charge in [-0.15, -0.1) is 0 Å². The van der Waals surface area contributed by atoms with E-state index in [-0.39, 0.29) is 10.9 Å². The highest BCUT2D eigenvalue weighted by atomic mass is 79.9. The number of rotatable bonds is 2. The Kier molecular flexibility index (Phi) is 3.96. The molecule has 6 heteroatoms. The van der Waals surface area contributed by atoms with E-state index in [2.05, 4.69) is 15.9 Å². The summed E-state index contributed by atoms with van der Waals surface area (Å²) in [5.74, 6) is 0. The van der Waals surface area contributed by atoms with Gasteiger partial charge in [0, 0.05) is 31.5 Å². The van der Waals surface area contributed by atoms with Crippen LogP contribution < -0.4 is 0 Å². The Labute approximate surface area is 94.6 Å². The predicted octanol–water partition coefficient (Wildman–Crippen LogP) is 1.04. The van der Waals surface area contributed by atoms with Gasteiger partial charge in [-0.1, -0.05) is 15.9 Å². The van der Waals surface area contributed by atoms with Crippen LogP contribution in [-0.4, -0.2) is 48.5 Å². The zero-order valence-electron chi connectivity index (χ0n) is 8.77. The Morgan fingerprint density at radius 3 is 2.50 bits per heavy atom. The lowest BCUT2D eigenvalue weighted by Gasteiger charge is -2.37. The van der Waals surface area contributed by atoms with E-state index in [0.29, 0.717) is 6.54 Å². The molecule has 2 unspecified atom stereocenters. The highest BCUT2D eigenvalue weighted by molar-refractivity contribution is 9.09. The molecule has 84 valence electrons. The predicted molar refractivity (Wildman–Crippen MR) is 60.7 cm³/mol. The van der Waals surface area contributed by atoms with Crippen LogP contribution in [0.1, 0.15) is 19.8 Å². The molecule has 14 heavy (non-hydrogen) atoms. The molecule has 0 radical (unpaired) electrons. The Morgan fingerprint density at radius 1 is 1.43 bits per heavy atom. The Hall–Kier alpha value is 0.350. The first-order valence-electron chi connectivity index (χ1n) is 4.70. The highest BCUT2D eigenvalue weighted by Gasteiger charge is 2.35. The third-order valence-corrected chi connectivity index (χ3v) is 5.85. The molecule has 0 saturated carbocycles. The number of hydrogen-bond donors (Lipinski definition) is 0. The summed E-state index contributed by atoms with van der Waals surface area (Å²) in [6.07, 6.45) is 1.97. The SMILES string of the molecule is CC1C(Br)CCCN1S(=O)(=O)N(C)C. The number of alkyl halides is 1. The van der Waals surface area contributed by atoms with E-state index < -0.39 is 10.2 Å². The van der Waals surface area contributed by atoms with E-state index in [4.69, 9.17) is 0 Å². The molecule has 2 atom stereocenters. The molecule has 1 rings (SSSR count). The van der Waals surface area contributed by atoms with Crippen molar-refractivity contribution in [2.75, 3.05) is 20.6 Å². The van der Waals surface area contributed by atoms with Crippen molar-refractivity contribution in [1.82, 2.24) is 8.61 Å². The van der Waals surface area contributed by atoms with Gasteiger partial charge in [-0.05, 0) is 19.8 Å². The zero-order valence-corrected chi connectivity index (χ0v) is 11.2. The Bertz CT molecular complexity index is 292. The van der Waals surface area contributed by atoms with Crippen LogP contribution in [0.2, 0.25) is 0 Å². The number of nitrogens with zero attached hydrogens (tertiary/aromatic N) is 2. The third kappa shape index (κ3) is 2.29.